The first-order valence-electron chi connectivity index (χ1n) is 6.47. The zero-order valence-electron chi connectivity index (χ0n) is 11.5. The van der Waals surface area contributed by atoms with Crippen LogP contribution in [-0.2, 0) is 4.74 Å². The molecule has 2 unspecified atom stereocenters. The number of nitrogens with zero attached hydrogens (tertiary/aromatic N) is 3. The first-order valence-corrected chi connectivity index (χ1v) is 6.47. The van der Waals surface area contributed by atoms with Crippen molar-refractivity contribution in [2.24, 2.45) is 0 Å². The predicted octanol–water partition coefficient (Wildman–Crippen LogP) is 1.07. The molecule has 2 aromatic heterocycles. The van der Waals surface area contributed by atoms with Gasteiger partial charge in [-0.3, -0.25) is 0 Å². The van der Waals surface area contributed by atoms with Crippen LogP contribution in [0, 0.1) is 0 Å². The molecular weight excluding hydrogens is 242 g/mol. The zero-order chi connectivity index (χ0) is 13.4. The summed E-state index contributed by atoms with van der Waals surface area (Å²) in [4.78, 5) is 14.4. The normalized spacial score (nSPS) is 23.1. The van der Waals surface area contributed by atoms with E-state index in [4.69, 9.17) is 4.74 Å². The lowest BCUT2D eigenvalue weighted by Crippen LogP contribution is -2.16. The van der Waals surface area contributed by atoms with E-state index in [0.29, 0.717) is 0 Å². The van der Waals surface area contributed by atoms with E-state index in [9.17, 15) is 0 Å². The van der Waals surface area contributed by atoms with Crippen LogP contribution in [-0.4, -0.2) is 48.8 Å². The summed E-state index contributed by atoms with van der Waals surface area (Å²) in [7, 11) is 5.70. The number of H-pyrrole nitrogens is 1. The summed E-state index contributed by atoms with van der Waals surface area (Å²) >= 11 is 0. The van der Waals surface area contributed by atoms with Crippen molar-refractivity contribution in [1.82, 2.24) is 20.3 Å². The molecule has 6 nitrogen and oxygen atoms in total. The van der Waals surface area contributed by atoms with E-state index < -0.39 is 0 Å². The minimum Gasteiger partial charge on any atom is -0.380 e. The number of rotatable bonds is 3. The second-order valence-electron chi connectivity index (χ2n) is 5.11. The van der Waals surface area contributed by atoms with Crippen molar-refractivity contribution in [3.63, 3.8) is 0 Å². The number of hydrogen-bond acceptors (Lipinski definition) is 5. The van der Waals surface area contributed by atoms with Crippen molar-refractivity contribution in [3.8, 4) is 0 Å². The van der Waals surface area contributed by atoms with Crippen LogP contribution in [0.1, 0.15) is 18.3 Å². The minimum absolute atomic E-state index is 0.224. The first kappa shape index (κ1) is 12.4. The fraction of sp³-hybridized carbons (Fsp3) is 0.538. The molecule has 2 atom stereocenters. The van der Waals surface area contributed by atoms with Gasteiger partial charge in [-0.15, -0.1) is 0 Å². The van der Waals surface area contributed by atoms with Crippen LogP contribution < -0.4 is 10.2 Å². The number of aromatic nitrogens is 3. The Bertz CT molecular complexity index is 579. The molecule has 0 spiro atoms. The molecule has 6 heteroatoms. The summed E-state index contributed by atoms with van der Waals surface area (Å²) in [6.07, 6.45) is 1.21. The topological polar surface area (TPSA) is 66.1 Å². The van der Waals surface area contributed by atoms with Crippen LogP contribution >= 0.6 is 0 Å². The van der Waals surface area contributed by atoms with Gasteiger partial charge in [0.1, 0.15) is 11.6 Å². The Morgan fingerprint density at radius 2 is 2.16 bits per heavy atom. The van der Waals surface area contributed by atoms with Gasteiger partial charge in [-0.2, -0.15) is 0 Å². The standard InChI is InChI=1S/C13H19N5O/c1-18(2)11-5-4-9-12(16-11)17-13(15-9)10-6-8(19-3)7-14-10/h4-5,8,10,14H,6-7H2,1-3H3,(H,15,16,17). The number of hydrogen-bond donors (Lipinski definition) is 2. The Kier molecular flexibility index (Phi) is 3.12. The van der Waals surface area contributed by atoms with Crippen molar-refractivity contribution in [1.29, 1.82) is 0 Å². The summed E-state index contributed by atoms with van der Waals surface area (Å²) in [5.41, 5.74) is 1.74. The molecular formula is C13H19N5O. The third-order valence-electron chi connectivity index (χ3n) is 3.56. The molecule has 2 aromatic rings. The average Bonchev–Trinajstić information content (AvgIpc) is 3.03. The van der Waals surface area contributed by atoms with Gasteiger partial charge in [-0.25, -0.2) is 9.97 Å². The molecule has 0 saturated carbocycles. The molecule has 102 valence electrons. The molecule has 1 aliphatic heterocycles. The Morgan fingerprint density at radius 3 is 2.84 bits per heavy atom. The third kappa shape index (κ3) is 2.29. The Morgan fingerprint density at radius 1 is 1.32 bits per heavy atom. The monoisotopic (exact) mass is 261 g/mol. The Labute approximate surface area is 112 Å². The van der Waals surface area contributed by atoms with Crippen molar-refractivity contribution < 1.29 is 4.74 Å². The maximum absolute atomic E-state index is 5.36. The van der Waals surface area contributed by atoms with Crippen LogP contribution in [0.15, 0.2) is 12.1 Å². The van der Waals surface area contributed by atoms with Gasteiger partial charge >= 0.3 is 0 Å². The summed E-state index contributed by atoms with van der Waals surface area (Å²) in [5.74, 6) is 1.86. The summed E-state index contributed by atoms with van der Waals surface area (Å²) in [6, 6.07) is 4.24. The van der Waals surface area contributed by atoms with Gasteiger partial charge in [0.2, 0.25) is 0 Å². The SMILES string of the molecule is COC1CNC(c2nc3nc(N(C)C)ccc3[nH]2)C1. The smallest absolute Gasteiger partial charge is 0.179 e. The van der Waals surface area contributed by atoms with Crippen LogP contribution in [0.4, 0.5) is 5.82 Å². The molecule has 2 N–H and O–H groups in total. The van der Waals surface area contributed by atoms with Gasteiger partial charge in [0.25, 0.3) is 0 Å². The van der Waals surface area contributed by atoms with E-state index in [1.165, 1.54) is 0 Å². The van der Waals surface area contributed by atoms with Gasteiger partial charge in [0.15, 0.2) is 5.65 Å². The van der Waals surface area contributed by atoms with Crippen LogP contribution in [0.3, 0.4) is 0 Å². The van der Waals surface area contributed by atoms with Crippen LogP contribution in [0.25, 0.3) is 11.2 Å². The third-order valence-corrected chi connectivity index (χ3v) is 3.56. The number of pyridine rings is 1. The fourth-order valence-electron chi connectivity index (χ4n) is 2.41. The van der Waals surface area contributed by atoms with Crippen LogP contribution in [0.2, 0.25) is 0 Å². The second-order valence-corrected chi connectivity index (χ2v) is 5.11. The number of ether oxygens (including phenoxy) is 1. The van der Waals surface area contributed by atoms with Crippen LogP contribution in [0.5, 0.6) is 0 Å². The molecule has 0 radical (unpaired) electrons. The molecule has 0 amide bonds. The lowest BCUT2D eigenvalue weighted by molar-refractivity contribution is 0.117. The molecule has 0 aromatic carbocycles. The highest BCUT2D eigenvalue weighted by atomic mass is 16.5. The summed E-state index contributed by atoms with van der Waals surface area (Å²) in [6.45, 7) is 0.870. The number of aromatic amines is 1. The summed E-state index contributed by atoms with van der Waals surface area (Å²) < 4.78 is 5.36. The minimum atomic E-state index is 0.224. The van der Waals surface area contributed by atoms with E-state index in [0.717, 1.165) is 35.8 Å². The number of methoxy groups -OCH3 is 1. The molecule has 0 aliphatic carbocycles. The maximum Gasteiger partial charge on any atom is 0.179 e. The van der Waals surface area contributed by atoms with Gasteiger partial charge in [-0.05, 0) is 18.6 Å². The van der Waals surface area contributed by atoms with Gasteiger partial charge < -0.3 is 19.9 Å². The molecule has 3 rings (SSSR count). The summed E-state index contributed by atoms with van der Waals surface area (Å²) in [5, 5.41) is 3.42. The van der Waals surface area contributed by atoms with Gasteiger partial charge in [0, 0.05) is 27.7 Å². The quantitative estimate of drug-likeness (QED) is 0.865. The maximum atomic E-state index is 5.36. The lowest BCUT2D eigenvalue weighted by Gasteiger charge is -2.09. The van der Waals surface area contributed by atoms with E-state index in [2.05, 4.69) is 20.3 Å². The molecule has 19 heavy (non-hydrogen) atoms. The van der Waals surface area contributed by atoms with Gasteiger partial charge in [-0.1, -0.05) is 0 Å². The molecule has 0 bridgehead atoms. The molecule has 1 aliphatic rings. The van der Waals surface area contributed by atoms with E-state index >= 15 is 0 Å². The van der Waals surface area contributed by atoms with Crippen molar-refractivity contribution in [2.45, 2.75) is 18.6 Å². The molecule has 3 heterocycles. The molecule has 1 fully saturated rings. The second kappa shape index (κ2) is 4.79. The number of imidazole rings is 1. The van der Waals surface area contributed by atoms with Crippen molar-refractivity contribution in [3.05, 3.63) is 18.0 Å². The Hall–Kier alpha value is -1.66. The number of nitrogens with one attached hydrogen (secondary N) is 2. The number of fused-ring (bicyclic) bond motifs is 1. The Balaban J connectivity index is 1.89. The highest BCUT2D eigenvalue weighted by molar-refractivity contribution is 5.73. The molecule has 1 saturated heterocycles. The van der Waals surface area contributed by atoms with E-state index in [-0.39, 0.29) is 12.1 Å². The lowest BCUT2D eigenvalue weighted by atomic mass is 10.2. The predicted molar refractivity (Wildman–Crippen MR) is 74.4 cm³/mol. The fourth-order valence-corrected chi connectivity index (χ4v) is 2.41. The first-order chi connectivity index (χ1) is 9.17. The zero-order valence-corrected chi connectivity index (χ0v) is 11.5. The highest BCUT2D eigenvalue weighted by Gasteiger charge is 2.27. The van der Waals surface area contributed by atoms with Gasteiger partial charge in [0.05, 0.1) is 17.7 Å². The average molecular weight is 261 g/mol. The van der Waals surface area contributed by atoms with Crippen molar-refractivity contribution >= 4 is 17.0 Å². The van der Waals surface area contributed by atoms with E-state index in [1.807, 2.05) is 31.1 Å². The van der Waals surface area contributed by atoms with Crippen molar-refractivity contribution in [2.75, 3.05) is 32.6 Å². The number of anilines is 1. The highest BCUT2D eigenvalue weighted by Crippen LogP contribution is 2.24. The largest absolute Gasteiger partial charge is 0.380 e. The van der Waals surface area contributed by atoms with E-state index in [1.54, 1.807) is 7.11 Å².